The summed E-state index contributed by atoms with van der Waals surface area (Å²) in [5.74, 6) is -1.98. The maximum Gasteiger partial charge on any atom is 0.363 e. The Kier molecular flexibility index (Phi) is 3.93. The molecular weight excluding hydrogens is 294 g/mol. The van der Waals surface area contributed by atoms with Crippen molar-refractivity contribution in [2.75, 3.05) is 0 Å². The zero-order valence-corrected chi connectivity index (χ0v) is 12.6. The summed E-state index contributed by atoms with van der Waals surface area (Å²) in [6.07, 6.45) is 1.94. The lowest BCUT2D eigenvalue weighted by Crippen LogP contribution is -2.32. The Labute approximate surface area is 133 Å². The molecule has 1 aliphatic heterocycles. The third-order valence-electron chi connectivity index (χ3n) is 3.66. The van der Waals surface area contributed by atoms with E-state index in [1.807, 2.05) is 12.1 Å². The maximum atomic E-state index is 12.1. The highest BCUT2D eigenvalue weighted by Gasteiger charge is 2.38. The molecule has 0 spiro atoms. The van der Waals surface area contributed by atoms with Crippen LogP contribution in [0, 0.1) is 0 Å². The van der Waals surface area contributed by atoms with Crippen molar-refractivity contribution in [2.45, 2.75) is 19.8 Å². The van der Waals surface area contributed by atoms with Gasteiger partial charge >= 0.3 is 5.97 Å². The minimum absolute atomic E-state index is 0.239. The second-order valence-corrected chi connectivity index (χ2v) is 5.28. The molecule has 5 heteroatoms. The van der Waals surface area contributed by atoms with E-state index in [1.54, 1.807) is 24.3 Å². The SMILES string of the molecule is CCCc1ccc(C(=O)ON2C(=O)c3ccccc3C2=O)cc1. The van der Waals surface area contributed by atoms with Crippen LogP contribution in [0.4, 0.5) is 0 Å². The summed E-state index contributed by atoms with van der Waals surface area (Å²) in [4.78, 5) is 41.4. The number of carbonyl (C=O) groups excluding carboxylic acids is 3. The highest BCUT2D eigenvalue weighted by Crippen LogP contribution is 2.23. The summed E-state index contributed by atoms with van der Waals surface area (Å²) in [6.45, 7) is 2.07. The number of fused-ring (bicyclic) bond motifs is 1. The molecule has 0 saturated heterocycles. The Balaban J connectivity index is 1.76. The van der Waals surface area contributed by atoms with E-state index in [-0.39, 0.29) is 11.1 Å². The topological polar surface area (TPSA) is 63.7 Å². The lowest BCUT2D eigenvalue weighted by atomic mass is 10.1. The van der Waals surface area contributed by atoms with Crippen molar-refractivity contribution >= 4 is 17.8 Å². The minimum atomic E-state index is -0.734. The lowest BCUT2D eigenvalue weighted by molar-refractivity contribution is -0.0584. The molecule has 2 aromatic carbocycles. The smallest absolute Gasteiger partial charge is 0.324 e. The highest BCUT2D eigenvalue weighted by molar-refractivity contribution is 6.21. The monoisotopic (exact) mass is 309 g/mol. The Bertz CT molecular complexity index is 745. The van der Waals surface area contributed by atoms with Crippen LogP contribution in [0.5, 0.6) is 0 Å². The minimum Gasteiger partial charge on any atom is -0.324 e. The quantitative estimate of drug-likeness (QED) is 0.814. The molecule has 0 atom stereocenters. The van der Waals surface area contributed by atoms with Crippen molar-refractivity contribution in [1.29, 1.82) is 0 Å². The molecule has 0 bridgehead atoms. The largest absolute Gasteiger partial charge is 0.363 e. The molecule has 0 aromatic heterocycles. The first-order chi connectivity index (χ1) is 11.1. The normalized spacial score (nSPS) is 13.2. The predicted octanol–water partition coefficient (Wildman–Crippen LogP) is 3.01. The van der Waals surface area contributed by atoms with Crippen LogP contribution < -0.4 is 0 Å². The average molecular weight is 309 g/mol. The number of hydrogen-bond donors (Lipinski definition) is 0. The van der Waals surface area contributed by atoms with Crippen LogP contribution in [-0.4, -0.2) is 22.8 Å². The molecule has 2 aromatic rings. The second-order valence-electron chi connectivity index (χ2n) is 5.28. The Hall–Kier alpha value is -2.95. The van der Waals surface area contributed by atoms with Gasteiger partial charge in [-0.1, -0.05) is 42.7 Å². The third kappa shape index (κ3) is 2.73. The summed E-state index contributed by atoms with van der Waals surface area (Å²) in [6, 6.07) is 13.3. The van der Waals surface area contributed by atoms with Crippen molar-refractivity contribution in [2.24, 2.45) is 0 Å². The van der Waals surface area contributed by atoms with E-state index < -0.39 is 17.8 Å². The summed E-state index contributed by atoms with van der Waals surface area (Å²) in [5, 5.41) is 0.521. The van der Waals surface area contributed by atoms with Gasteiger partial charge in [0.1, 0.15) is 0 Å². The fraction of sp³-hybridized carbons (Fsp3) is 0.167. The molecular formula is C18H15NO4. The molecule has 5 nitrogen and oxygen atoms in total. The summed E-state index contributed by atoms with van der Waals surface area (Å²) < 4.78 is 0. The Morgan fingerprint density at radius 3 is 2.04 bits per heavy atom. The van der Waals surface area contributed by atoms with Crippen molar-refractivity contribution in [3.05, 3.63) is 70.8 Å². The molecule has 23 heavy (non-hydrogen) atoms. The van der Waals surface area contributed by atoms with Crippen molar-refractivity contribution in [1.82, 2.24) is 5.06 Å². The molecule has 0 fully saturated rings. The Morgan fingerprint density at radius 2 is 1.52 bits per heavy atom. The number of nitrogens with zero attached hydrogens (tertiary/aromatic N) is 1. The molecule has 1 heterocycles. The number of rotatable bonds is 4. The number of amides is 2. The van der Waals surface area contributed by atoms with Gasteiger partial charge in [-0.05, 0) is 36.2 Å². The number of benzene rings is 2. The molecule has 0 saturated carbocycles. The number of aryl methyl sites for hydroxylation is 1. The van der Waals surface area contributed by atoms with Gasteiger partial charge in [-0.25, -0.2) is 4.79 Å². The maximum absolute atomic E-state index is 12.1. The van der Waals surface area contributed by atoms with Gasteiger partial charge in [0.25, 0.3) is 11.8 Å². The number of hydrogen-bond acceptors (Lipinski definition) is 4. The zero-order chi connectivity index (χ0) is 16.4. The van der Waals surface area contributed by atoms with Gasteiger partial charge in [-0.2, -0.15) is 0 Å². The number of hydroxylamine groups is 2. The van der Waals surface area contributed by atoms with Gasteiger partial charge in [0.05, 0.1) is 16.7 Å². The highest BCUT2D eigenvalue weighted by atomic mass is 16.7. The molecule has 0 radical (unpaired) electrons. The first-order valence-corrected chi connectivity index (χ1v) is 7.41. The first kappa shape index (κ1) is 15.0. The van der Waals surface area contributed by atoms with Gasteiger partial charge in [-0.15, -0.1) is 0 Å². The van der Waals surface area contributed by atoms with Gasteiger partial charge in [-0.3, -0.25) is 9.59 Å². The van der Waals surface area contributed by atoms with Crippen LogP contribution in [0.3, 0.4) is 0 Å². The van der Waals surface area contributed by atoms with E-state index in [4.69, 9.17) is 4.84 Å². The summed E-state index contributed by atoms with van der Waals surface area (Å²) in [7, 11) is 0. The molecule has 116 valence electrons. The predicted molar refractivity (Wildman–Crippen MR) is 82.8 cm³/mol. The van der Waals surface area contributed by atoms with Gasteiger partial charge < -0.3 is 4.84 Å². The van der Waals surface area contributed by atoms with Crippen molar-refractivity contribution in [3.63, 3.8) is 0 Å². The van der Waals surface area contributed by atoms with E-state index >= 15 is 0 Å². The lowest BCUT2D eigenvalue weighted by Gasteiger charge is -2.12. The van der Waals surface area contributed by atoms with Crippen LogP contribution in [0.1, 0.15) is 50.0 Å². The average Bonchev–Trinajstić information content (AvgIpc) is 2.81. The van der Waals surface area contributed by atoms with Gasteiger partial charge in [0.15, 0.2) is 0 Å². The number of imide groups is 1. The van der Waals surface area contributed by atoms with Crippen LogP contribution in [0.25, 0.3) is 0 Å². The van der Waals surface area contributed by atoms with E-state index in [1.165, 1.54) is 12.1 Å². The molecule has 0 aliphatic carbocycles. The molecule has 3 rings (SSSR count). The first-order valence-electron chi connectivity index (χ1n) is 7.41. The summed E-state index contributed by atoms with van der Waals surface area (Å²) in [5.41, 5.74) is 1.89. The standard InChI is InChI=1S/C18H15NO4/c1-2-5-12-8-10-13(11-9-12)18(22)23-19-16(20)14-6-3-4-7-15(14)17(19)21/h3-4,6-11H,2,5H2,1H3. The number of carbonyl (C=O) groups is 3. The molecule has 2 amide bonds. The van der Waals surface area contributed by atoms with Gasteiger partial charge in [0, 0.05) is 0 Å². The van der Waals surface area contributed by atoms with E-state index in [9.17, 15) is 14.4 Å². The zero-order valence-electron chi connectivity index (χ0n) is 12.6. The summed E-state index contributed by atoms with van der Waals surface area (Å²) >= 11 is 0. The van der Waals surface area contributed by atoms with Crippen LogP contribution >= 0.6 is 0 Å². The van der Waals surface area contributed by atoms with Crippen molar-refractivity contribution in [3.8, 4) is 0 Å². The second kappa shape index (κ2) is 6.04. The van der Waals surface area contributed by atoms with Crippen molar-refractivity contribution < 1.29 is 19.2 Å². The fourth-order valence-electron chi connectivity index (χ4n) is 2.48. The third-order valence-corrected chi connectivity index (χ3v) is 3.66. The van der Waals surface area contributed by atoms with E-state index in [0.717, 1.165) is 18.4 Å². The van der Waals surface area contributed by atoms with Crippen LogP contribution in [0.15, 0.2) is 48.5 Å². The molecule has 0 unspecified atom stereocenters. The van der Waals surface area contributed by atoms with Gasteiger partial charge in [0.2, 0.25) is 0 Å². The van der Waals surface area contributed by atoms with Crippen LogP contribution in [0.2, 0.25) is 0 Å². The fourth-order valence-corrected chi connectivity index (χ4v) is 2.48. The Morgan fingerprint density at radius 1 is 0.957 bits per heavy atom. The molecule has 0 N–H and O–H groups in total. The van der Waals surface area contributed by atoms with Crippen LogP contribution in [-0.2, 0) is 11.3 Å². The molecule has 1 aliphatic rings. The van der Waals surface area contributed by atoms with E-state index in [0.29, 0.717) is 10.6 Å². The van der Waals surface area contributed by atoms with E-state index in [2.05, 4.69) is 6.92 Å².